The molecule has 0 saturated carbocycles. The Bertz CT molecular complexity index is 1000. The summed E-state index contributed by atoms with van der Waals surface area (Å²) in [4.78, 5) is 26.1. The van der Waals surface area contributed by atoms with Crippen molar-refractivity contribution < 1.29 is 19.1 Å². The standard InChI is InChI=1S/C19H15NO4/c1-23-10-20-15-6-4-3-5-13(15)16-17(20)19(22)14-9-11(24-2)7-8-12(14)18(16)21/h3-9H,10H2,1-2H3. The summed E-state index contributed by atoms with van der Waals surface area (Å²) < 4.78 is 12.2. The molecular weight excluding hydrogens is 306 g/mol. The molecule has 1 aliphatic carbocycles. The lowest BCUT2D eigenvalue weighted by Gasteiger charge is -2.17. The number of ketones is 2. The Morgan fingerprint density at radius 2 is 1.75 bits per heavy atom. The van der Waals surface area contributed by atoms with E-state index in [4.69, 9.17) is 9.47 Å². The Kier molecular flexibility index (Phi) is 3.25. The maximum absolute atomic E-state index is 13.1. The summed E-state index contributed by atoms with van der Waals surface area (Å²) in [5.41, 5.74) is 2.42. The van der Waals surface area contributed by atoms with Crippen molar-refractivity contribution in [1.82, 2.24) is 4.57 Å². The van der Waals surface area contributed by atoms with Gasteiger partial charge < -0.3 is 14.0 Å². The van der Waals surface area contributed by atoms with E-state index in [1.165, 1.54) is 7.11 Å². The van der Waals surface area contributed by atoms with Gasteiger partial charge in [-0.2, -0.15) is 0 Å². The lowest BCUT2D eigenvalue weighted by atomic mass is 9.86. The molecule has 4 rings (SSSR count). The molecule has 5 nitrogen and oxygen atoms in total. The zero-order valence-corrected chi connectivity index (χ0v) is 13.3. The highest BCUT2D eigenvalue weighted by molar-refractivity contribution is 6.32. The van der Waals surface area contributed by atoms with Gasteiger partial charge in [0.2, 0.25) is 5.78 Å². The van der Waals surface area contributed by atoms with E-state index in [2.05, 4.69) is 0 Å². The Morgan fingerprint density at radius 1 is 0.958 bits per heavy atom. The van der Waals surface area contributed by atoms with Crippen LogP contribution in [0.15, 0.2) is 42.5 Å². The lowest BCUT2D eigenvalue weighted by Crippen LogP contribution is -2.23. The van der Waals surface area contributed by atoms with Crippen molar-refractivity contribution in [2.45, 2.75) is 6.73 Å². The van der Waals surface area contributed by atoms with Crippen LogP contribution in [-0.4, -0.2) is 30.4 Å². The summed E-state index contributed by atoms with van der Waals surface area (Å²) in [6.45, 7) is 0.203. The molecule has 120 valence electrons. The van der Waals surface area contributed by atoms with Crippen LogP contribution in [0.4, 0.5) is 0 Å². The molecule has 5 heteroatoms. The molecule has 0 fully saturated rings. The number of hydrogen-bond acceptors (Lipinski definition) is 4. The van der Waals surface area contributed by atoms with E-state index in [9.17, 15) is 9.59 Å². The Labute approximate surface area is 138 Å². The Hall–Kier alpha value is -2.92. The maximum Gasteiger partial charge on any atom is 0.211 e. The van der Waals surface area contributed by atoms with Crippen LogP contribution in [0.3, 0.4) is 0 Å². The second-order valence-corrected chi connectivity index (χ2v) is 5.66. The minimum Gasteiger partial charge on any atom is -0.497 e. The van der Waals surface area contributed by atoms with Gasteiger partial charge in [0.1, 0.15) is 18.2 Å². The van der Waals surface area contributed by atoms with Crippen LogP contribution in [0.25, 0.3) is 10.9 Å². The lowest BCUT2D eigenvalue weighted by molar-refractivity contribution is 0.0950. The quantitative estimate of drug-likeness (QED) is 0.582. The van der Waals surface area contributed by atoms with Crippen LogP contribution in [0, 0.1) is 0 Å². The zero-order chi connectivity index (χ0) is 16.8. The highest BCUT2D eigenvalue weighted by Crippen LogP contribution is 2.36. The van der Waals surface area contributed by atoms with Gasteiger partial charge in [-0.3, -0.25) is 9.59 Å². The second kappa shape index (κ2) is 5.32. The van der Waals surface area contributed by atoms with Crippen LogP contribution in [0.5, 0.6) is 5.75 Å². The van der Waals surface area contributed by atoms with Crippen LogP contribution >= 0.6 is 0 Å². The Balaban J connectivity index is 2.07. The molecule has 24 heavy (non-hydrogen) atoms. The maximum atomic E-state index is 13.1. The fourth-order valence-electron chi connectivity index (χ4n) is 3.33. The Morgan fingerprint density at radius 3 is 2.50 bits per heavy atom. The highest BCUT2D eigenvalue weighted by Gasteiger charge is 2.35. The first kappa shape index (κ1) is 14.7. The van der Waals surface area contributed by atoms with Gasteiger partial charge in [-0.25, -0.2) is 0 Å². The third-order valence-corrected chi connectivity index (χ3v) is 4.39. The van der Waals surface area contributed by atoms with Gasteiger partial charge in [0.15, 0.2) is 5.78 Å². The van der Waals surface area contributed by atoms with E-state index in [0.717, 1.165) is 10.9 Å². The van der Waals surface area contributed by atoms with Crippen molar-refractivity contribution in [1.29, 1.82) is 0 Å². The van der Waals surface area contributed by atoms with Gasteiger partial charge >= 0.3 is 0 Å². The molecule has 0 spiro atoms. The summed E-state index contributed by atoms with van der Waals surface area (Å²) in [6.07, 6.45) is 0. The van der Waals surface area contributed by atoms with Gasteiger partial charge in [-0.05, 0) is 24.3 Å². The monoisotopic (exact) mass is 321 g/mol. The van der Waals surface area contributed by atoms with Crippen molar-refractivity contribution in [3.8, 4) is 5.75 Å². The molecular formula is C19H15NO4. The molecule has 0 aliphatic heterocycles. The molecule has 1 heterocycles. The number of para-hydroxylation sites is 1. The molecule has 0 unspecified atom stereocenters. The summed E-state index contributed by atoms with van der Waals surface area (Å²) in [7, 11) is 3.09. The van der Waals surface area contributed by atoms with Crippen LogP contribution < -0.4 is 4.74 Å². The summed E-state index contributed by atoms with van der Waals surface area (Å²) in [5.74, 6) is 0.216. The number of carbonyl (C=O) groups is 2. The van der Waals surface area contributed by atoms with Crippen LogP contribution in [-0.2, 0) is 11.5 Å². The smallest absolute Gasteiger partial charge is 0.211 e. The van der Waals surface area contributed by atoms with E-state index in [1.807, 2.05) is 24.3 Å². The van der Waals surface area contributed by atoms with E-state index >= 15 is 0 Å². The average molecular weight is 321 g/mol. The number of methoxy groups -OCH3 is 2. The average Bonchev–Trinajstić information content (AvgIpc) is 2.94. The first-order chi connectivity index (χ1) is 11.7. The number of hydrogen-bond donors (Lipinski definition) is 0. The largest absolute Gasteiger partial charge is 0.497 e. The normalized spacial score (nSPS) is 13.1. The van der Waals surface area contributed by atoms with Crippen molar-refractivity contribution >= 4 is 22.5 Å². The van der Waals surface area contributed by atoms with Crippen molar-refractivity contribution in [3.63, 3.8) is 0 Å². The molecule has 0 bridgehead atoms. The van der Waals surface area contributed by atoms with Crippen LogP contribution in [0.2, 0.25) is 0 Å². The van der Waals surface area contributed by atoms with Gasteiger partial charge in [-0.1, -0.05) is 18.2 Å². The van der Waals surface area contributed by atoms with Gasteiger partial charge in [0.25, 0.3) is 0 Å². The fraction of sp³-hybridized carbons (Fsp3) is 0.158. The molecule has 1 aromatic heterocycles. The number of ether oxygens (including phenoxy) is 2. The van der Waals surface area contributed by atoms with Gasteiger partial charge in [0, 0.05) is 23.6 Å². The van der Waals surface area contributed by atoms with E-state index in [1.54, 1.807) is 29.9 Å². The molecule has 0 N–H and O–H groups in total. The first-order valence-corrected chi connectivity index (χ1v) is 7.55. The summed E-state index contributed by atoms with van der Waals surface area (Å²) in [6, 6.07) is 12.5. The zero-order valence-electron chi connectivity index (χ0n) is 13.3. The predicted octanol–water partition coefficient (Wildman–Crippen LogP) is 3.03. The van der Waals surface area contributed by atoms with Gasteiger partial charge in [0.05, 0.1) is 18.2 Å². The van der Waals surface area contributed by atoms with Gasteiger partial charge in [-0.15, -0.1) is 0 Å². The molecule has 1 aliphatic rings. The number of fused-ring (bicyclic) bond motifs is 4. The third-order valence-electron chi connectivity index (χ3n) is 4.39. The fourth-order valence-corrected chi connectivity index (χ4v) is 3.33. The number of benzene rings is 2. The van der Waals surface area contributed by atoms with Crippen molar-refractivity contribution in [2.75, 3.05) is 14.2 Å². The van der Waals surface area contributed by atoms with E-state index < -0.39 is 0 Å². The first-order valence-electron chi connectivity index (χ1n) is 7.55. The topological polar surface area (TPSA) is 57.5 Å². The molecule has 0 atom stereocenters. The SMILES string of the molecule is COCn1c2c(c3ccccc31)C(=O)c1ccc(OC)cc1C2=O. The third kappa shape index (κ3) is 1.85. The second-order valence-electron chi connectivity index (χ2n) is 5.66. The summed E-state index contributed by atoms with van der Waals surface area (Å²) in [5, 5.41) is 0.768. The molecule has 0 radical (unpaired) electrons. The molecule has 0 saturated heterocycles. The van der Waals surface area contributed by atoms with Crippen LogP contribution in [0.1, 0.15) is 32.0 Å². The minimum absolute atomic E-state index is 0.145. The van der Waals surface area contributed by atoms with E-state index in [-0.39, 0.29) is 18.3 Å². The number of carbonyl (C=O) groups excluding carboxylic acids is 2. The molecule has 2 aromatic carbocycles. The molecule has 3 aromatic rings. The highest BCUT2D eigenvalue weighted by atomic mass is 16.5. The minimum atomic E-state index is -0.188. The number of aromatic nitrogens is 1. The van der Waals surface area contributed by atoms with Crippen molar-refractivity contribution in [3.05, 3.63) is 64.8 Å². The number of rotatable bonds is 3. The molecule has 0 amide bonds. The van der Waals surface area contributed by atoms with Crippen molar-refractivity contribution in [2.24, 2.45) is 0 Å². The van der Waals surface area contributed by atoms with E-state index in [0.29, 0.717) is 28.1 Å². The number of nitrogens with zero attached hydrogens (tertiary/aromatic N) is 1. The summed E-state index contributed by atoms with van der Waals surface area (Å²) >= 11 is 0. The predicted molar refractivity (Wildman–Crippen MR) is 88.8 cm³/mol.